The molecule has 0 saturated carbocycles. The highest BCUT2D eigenvalue weighted by Crippen LogP contribution is 2.19. The summed E-state index contributed by atoms with van der Waals surface area (Å²) in [6.07, 6.45) is 0.256. The minimum atomic E-state index is 0.256. The van der Waals surface area contributed by atoms with Crippen molar-refractivity contribution in [1.29, 1.82) is 0 Å². The van der Waals surface area contributed by atoms with Crippen molar-refractivity contribution in [3.8, 4) is 0 Å². The predicted molar refractivity (Wildman–Crippen MR) is 60.9 cm³/mol. The lowest BCUT2D eigenvalue weighted by Crippen LogP contribution is -2.42. The molecule has 1 aromatic heterocycles. The second kappa shape index (κ2) is 5.06. The van der Waals surface area contributed by atoms with Crippen molar-refractivity contribution in [2.24, 2.45) is 0 Å². The van der Waals surface area contributed by atoms with Crippen LogP contribution in [0.5, 0.6) is 0 Å². The van der Waals surface area contributed by atoms with Gasteiger partial charge in [0.25, 0.3) is 0 Å². The van der Waals surface area contributed by atoms with E-state index in [0.717, 1.165) is 36.0 Å². The summed E-state index contributed by atoms with van der Waals surface area (Å²) in [4.78, 5) is 4.24. The molecule has 0 radical (unpaired) electrons. The van der Waals surface area contributed by atoms with Crippen LogP contribution in [0.3, 0.4) is 0 Å². The Labute approximate surface area is 95.2 Å². The number of nitrogens with zero attached hydrogens (tertiary/aromatic N) is 1. The number of morpholine rings is 1. The van der Waals surface area contributed by atoms with Gasteiger partial charge >= 0.3 is 0 Å². The molecule has 0 bridgehead atoms. The first-order valence-corrected chi connectivity index (χ1v) is 6.19. The minimum absolute atomic E-state index is 0.256. The Morgan fingerprint density at radius 3 is 3.36 bits per heavy atom. The van der Waals surface area contributed by atoms with E-state index < -0.39 is 0 Å². The van der Waals surface area contributed by atoms with Gasteiger partial charge in [0, 0.05) is 25.0 Å². The number of nitrogens with one attached hydrogen (secondary N) is 2. The fourth-order valence-electron chi connectivity index (χ4n) is 1.29. The number of rotatable bonds is 3. The van der Waals surface area contributed by atoms with Gasteiger partial charge in [-0.25, -0.2) is 4.98 Å². The second-order valence-corrected chi connectivity index (χ2v) is 4.72. The number of aromatic nitrogens is 1. The number of thiazole rings is 1. The maximum absolute atomic E-state index is 5.55. The Hall–Kier alpha value is -0.170. The Kier molecular flexibility index (Phi) is 3.74. The fourth-order valence-corrected chi connectivity index (χ4v) is 2.44. The highest BCUT2D eigenvalue weighted by molar-refractivity contribution is 9.10. The van der Waals surface area contributed by atoms with Gasteiger partial charge in [-0.3, -0.25) is 0 Å². The number of halogens is 1. The van der Waals surface area contributed by atoms with Crippen LogP contribution in [-0.2, 0) is 4.74 Å². The van der Waals surface area contributed by atoms with Gasteiger partial charge in [0.1, 0.15) is 4.60 Å². The molecule has 0 aromatic carbocycles. The molecule has 4 nitrogen and oxygen atoms in total. The topological polar surface area (TPSA) is 46.2 Å². The molecule has 1 aliphatic rings. The number of ether oxygens (including phenoxy) is 1. The standard InChI is InChI=1S/C8H12BrN3OS/c9-7-5-14-8(12-7)11-4-6-3-10-1-2-13-6/h5-6,10H,1-4H2,(H,11,12). The van der Waals surface area contributed by atoms with Gasteiger partial charge in [0.05, 0.1) is 12.7 Å². The van der Waals surface area contributed by atoms with Gasteiger partial charge in [-0.2, -0.15) is 0 Å². The molecular weight excluding hydrogens is 266 g/mol. The molecule has 1 unspecified atom stereocenters. The van der Waals surface area contributed by atoms with Crippen molar-refractivity contribution >= 4 is 32.4 Å². The summed E-state index contributed by atoms with van der Waals surface area (Å²) < 4.78 is 6.43. The molecule has 1 aliphatic heterocycles. The second-order valence-electron chi connectivity index (χ2n) is 3.05. The van der Waals surface area contributed by atoms with Crippen LogP contribution >= 0.6 is 27.3 Å². The van der Waals surface area contributed by atoms with Gasteiger partial charge in [-0.1, -0.05) is 0 Å². The largest absolute Gasteiger partial charge is 0.374 e. The molecule has 0 amide bonds. The van der Waals surface area contributed by atoms with E-state index in [4.69, 9.17) is 4.74 Å². The first kappa shape index (κ1) is 10.4. The number of anilines is 1. The normalized spacial score (nSPS) is 22.2. The predicted octanol–water partition coefficient (Wildman–Crippen LogP) is 1.31. The average molecular weight is 278 g/mol. The number of hydrogen-bond donors (Lipinski definition) is 2. The van der Waals surface area contributed by atoms with Crippen LogP contribution in [0.4, 0.5) is 5.13 Å². The minimum Gasteiger partial charge on any atom is -0.374 e. The van der Waals surface area contributed by atoms with E-state index in [9.17, 15) is 0 Å². The average Bonchev–Trinajstić information content (AvgIpc) is 2.63. The van der Waals surface area contributed by atoms with Crippen molar-refractivity contribution in [3.63, 3.8) is 0 Å². The molecule has 2 heterocycles. The monoisotopic (exact) mass is 277 g/mol. The van der Waals surface area contributed by atoms with Crippen LogP contribution < -0.4 is 10.6 Å². The molecule has 2 rings (SSSR count). The van der Waals surface area contributed by atoms with E-state index >= 15 is 0 Å². The van der Waals surface area contributed by atoms with Gasteiger partial charge in [-0.15, -0.1) is 11.3 Å². The van der Waals surface area contributed by atoms with Gasteiger partial charge < -0.3 is 15.4 Å². The summed E-state index contributed by atoms with van der Waals surface area (Å²) >= 11 is 4.91. The van der Waals surface area contributed by atoms with Crippen molar-refractivity contribution in [3.05, 3.63) is 9.98 Å². The van der Waals surface area contributed by atoms with Crippen molar-refractivity contribution < 1.29 is 4.74 Å². The molecule has 2 N–H and O–H groups in total. The molecule has 14 heavy (non-hydrogen) atoms. The summed E-state index contributed by atoms with van der Waals surface area (Å²) in [5.41, 5.74) is 0. The molecule has 1 saturated heterocycles. The third-order valence-electron chi connectivity index (χ3n) is 1.96. The highest BCUT2D eigenvalue weighted by atomic mass is 79.9. The molecular formula is C8H12BrN3OS. The molecule has 6 heteroatoms. The quantitative estimate of drug-likeness (QED) is 0.875. The van der Waals surface area contributed by atoms with Crippen LogP contribution in [0.1, 0.15) is 0 Å². The maximum Gasteiger partial charge on any atom is 0.183 e. The van der Waals surface area contributed by atoms with Crippen LogP contribution in [0.2, 0.25) is 0 Å². The van der Waals surface area contributed by atoms with E-state index in [-0.39, 0.29) is 6.10 Å². The summed E-state index contributed by atoms with van der Waals surface area (Å²) in [5, 5.41) is 9.43. The Morgan fingerprint density at radius 2 is 2.71 bits per heavy atom. The molecule has 78 valence electrons. The zero-order valence-electron chi connectivity index (χ0n) is 7.62. The molecule has 1 aromatic rings. The molecule has 0 aliphatic carbocycles. The van der Waals surface area contributed by atoms with Crippen LogP contribution in [0, 0.1) is 0 Å². The lowest BCUT2D eigenvalue weighted by Gasteiger charge is -2.23. The van der Waals surface area contributed by atoms with E-state index in [1.54, 1.807) is 11.3 Å². The van der Waals surface area contributed by atoms with Crippen LogP contribution in [0.25, 0.3) is 0 Å². The van der Waals surface area contributed by atoms with Crippen molar-refractivity contribution in [1.82, 2.24) is 10.3 Å². The summed E-state index contributed by atoms with van der Waals surface area (Å²) in [6, 6.07) is 0. The summed E-state index contributed by atoms with van der Waals surface area (Å²) in [5.74, 6) is 0. The fraction of sp³-hybridized carbons (Fsp3) is 0.625. The molecule has 1 fully saturated rings. The third-order valence-corrected chi connectivity index (χ3v) is 3.47. The van der Waals surface area contributed by atoms with E-state index in [1.807, 2.05) is 5.38 Å². The van der Waals surface area contributed by atoms with Gasteiger partial charge in [-0.05, 0) is 15.9 Å². The Morgan fingerprint density at radius 1 is 1.79 bits per heavy atom. The smallest absolute Gasteiger partial charge is 0.183 e. The van der Waals surface area contributed by atoms with E-state index in [2.05, 4.69) is 31.5 Å². The third kappa shape index (κ3) is 2.91. The first-order valence-electron chi connectivity index (χ1n) is 4.52. The summed E-state index contributed by atoms with van der Waals surface area (Å²) in [6.45, 7) is 3.49. The lowest BCUT2D eigenvalue weighted by atomic mass is 10.3. The zero-order valence-corrected chi connectivity index (χ0v) is 10.0. The molecule has 0 spiro atoms. The SMILES string of the molecule is Brc1csc(NCC2CNCCO2)n1. The van der Waals surface area contributed by atoms with E-state index in [0.29, 0.717) is 0 Å². The highest BCUT2D eigenvalue weighted by Gasteiger charge is 2.13. The lowest BCUT2D eigenvalue weighted by molar-refractivity contribution is 0.0372. The van der Waals surface area contributed by atoms with Gasteiger partial charge in [0.2, 0.25) is 0 Å². The van der Waals surface area contributed by atoms with E-state index in [1.165, 1.54) is 0 Å². The maximum atomic E-state index is 5.55. The number of hydrogen-bond acceptors (Lipinski definition) is 5. The van der Waals surface area contributed by atoms with Crippen molar-refractivity contribution in [2.45, 2.75) is 6.10 Å². The zero-order chi connectivity index (χ0) is 9.80. The Bertz CT molecular complexity index is 288. The summed E-state index contributed by atoms with van der Waals surface area (Å²) in [7, 11) is 0. The molecule has 1 atom stereocenters. The first-order chi connectivity index (χ1) is 6.84. The Balaban J connectivity index is 1.76. The van der Waals surface area contributed by atoms with Crippen LogP contribution in [-0.4, -0.2) is 37.3 Å². The van der Waals surface area contributed by atoms with Crippen molar-refractivity contribution in [2.75, 3.05) is 31.6 Å². The van der Waals surface area contributed by atoms with Gasteiger partial charge in [0.15, 0.2) is 5.13 Å². The van der Waals surface area contributed by atoms with Crippen LogP contribution in [0.15, 0.2) is 9.98 Å².